The number of carbonyl (C=O) groups excluding carboxylic acids is 1. The van der Waals surface area contributed by atoms with Gasteiger partial charge in [0.1, 0.15) is 0 Å². The van der Waals surface area contributed by atoms with E-state index in [1.54, 1.807) is 0 Å². The maximum atomic E-state index is 12.8. The molecule has 0 atom stereocenters. The van der Waals surface area contributed by atoms with Crippen LogP contribution >= 0.6 is 0 Å². The predicted octanol–water partition coefficient (Wildman–Crippen LogP) is 1.37. The van der Waals surface area contributed by atoms with Crippen molar-refractivity contribution in [3.05, 3.63) is 34.9 Å². The smallest absolute Gasteiger partial charge is 0.249 e. The van der Waals surface area contributed by atoms with Crippen LogP contribution < -0.4 is 5.73 Å². The molecule has 0 radical (unpaired) electrons. The van der Waals surface area contributed by atoms with Crippen molar-refractivity contribution in [2.45, 2.75) is 6.92 Å². The van der Waals surface area contributed by atoms with Crippen molar-refractivity contribution in [1.29, 1.82) is 0 Å². The van der Waals surface area contributed by atoms with Gasteiger partial charge in [0, 0.05) is 11.1 Å². The molecule has 64 valence electrons. The van der Waals surface area contributed by atoms with Crippen molar-refractivity contribution in [2.75, 3.05) is 0 Å². The number of hydrogen-bond donors (Lipinski definition) is 1. The van der Waals surface area contributed by atoms with Crippen LogP contribution in [0.25, 0.3) is 0 Å². The van der Waals surface area contributed by atoms with Crippen molar-refractivity contribution in [3.8, 4) is 0 Å². The SMILES string of the molecule is Cc1c(C(N)=O)ccc(F)c1F. The number of benzene rings is 1. The Balaban J connectivity index is 3.36. The Kier molecular flexibility index (Phi) is 2.08. The highest BCUT2D eigenvalue weighted by Crippen LogP contribution is 2.14. The molecule has 0 aliphatic rings. The number of amides is 1. The molecule has 0 saturated heterocycles. The Morgan fingerprint density at radius 3 is 2.50 bits per heavy atom. The molecule has 0 bridgehead atoms. The van der Waals surface area contributed by atoms with Crippen LogP contribution in [0.1, 0.15) is 15.9 Å². The topological polar surface area (TPSA) is 43.1 Å². The summed E-state index contributed by atoms with van der Waals surface area (Å²) in [6, 6.07) is 2.04. The summed E-state index contributed by atoms with van der Waals surface area (Å²) in [4.78, 5) is 10.6. The summed E-state index contributed by atoms with van der Waals surface area (Å²) in [6.45, 7) is 1.30. The zero-order valence-corrected chi connectivity index (χ0v) is 6.40. The average Bonchev–Trinajstić information content (AvgIpc) is 2.00. The summed E-state index contributed by atoms with van der Waals surface area (Å²) in [5, 5.41) is 0. The van der Waals surface area contributed by atoms with Gasteiger partial charge in [-0.1, -0.05) is 0 Å². The van der Waals surface area contributed by atoms with Crippen LogP contribution in [0.5, 0.6) is 0 Å². The first kappa shape index (κ1) is 8.64. The Hall–Kier alpha value is -1.45. The van der Waals surface area contributed by atoms with Gasteiger partial charge in [-0.3, -0.25) is 4.79 Å². The highest BCUT2D eigenvalue weighted by Gasteiger charge is 2.12. The lowest BCUT2D eigenvalue weighted by atomic mass is 10.1. The molecule has 2 N–H and O–H groups in total. The Morgan fingerprint density at radius 1 is 1.42 bits per heavy atom. The van der Waals surface area contributed by atoms with Crippen molar-refractivity contribution in [3.63, 3.8) is 0 Å². The third kappa shape index (κ3) is 1.28. The van der Waals surface area contributed by atoms with Crippen molar-refractivity contribution in [2.24, 2.45) is 5.73 Å². The first-order chi connectivity index (χ1) is 5.54. The van der Waals surface area contributed by atoms with Gasteiger partial charge in [-0.15, -0.1) is 0 Å². The van der Waals surface area contributed by atoms with Crippen molar-refractivity contribution in [1.82, 2.24) is 0 Å². The van der Waals surface area contributed by atoms with Crippen LogP contribution in [0.4, 0.5) is 8.78 Å². The second-order valence-corrected chi connectivity index (χ2v) is 2.40. The lowest BCUT2D eigenvalue weighted by Gasteiger charge is -2.02. The number of hydrogen-bond acceptors (Lipinski definition) is 1. The minimum Gasteiger partial charge on any atom is -0.366 e. The van der Waals surface area contributed by atoms with E-state index in [1.165, 1.54) is 6.92 Å². The number of carbonyl (C=O) groups is 1. The molecule has 0 unspecified atom stereocenters. The van der Waals surface area contributed by atoms with E-state index in [-0.39, 0.29) is 11.1 Å². The van der Waals surface area contributed by atoms with Crippen LogP contribution in [-0.4, -0.2) is 5.91 Å². The molecule has 0 saturated carbocycles. The maximum Gasteiger partial charge on any atom is 0.249 e. The molecule has 1 aromatic rings. The molecule has 1 amide bonds. The van der Waals surface area contributed by atoms with E-state index >= 15 is 0 Å². The average molecular weight is 171 g/mol. The highest BCUT2D eigenvalue weighted by atomic mass is 19.2. The number of rotatable bonds is 1. The molecule has 12 heavy (non-hydrogen) atoms. The van der Waals surface area contributed by atoms with E-state index < -0.39 is 17.5 Å². The molecule has 0 aliphatic carbocycles. The molecule has 0 heterocycles. The monoisotopic (exact) mass is 171 g/mol. The fourth-order valence-electron chi connectivity index (χ4n) is 0.919. The predicted molar refractivity (Wildman–Crippen MR) is 39.6 cm³/mol. The molecular formula is C8H7F2NO. The third-order valence-corrected chi connectivity index (χ3v) is 1.60. The molecule has 0 spiro atoms. The quantitative estimate of drug-likeness (QED) is 0.681. The third-order valence-electron chi connectivity index (χ3n) is 1.60. The summed E-state index contributed by atoms with van der Waals surface area (Å²) < 4.78 is 25.3. The number of halogens is 2. The van der Waals surface area contributed by atoms with E-state index in [0.29, 0.717) is 0 Å². The summed E-state index contributed by atoms with van der Waals surface area (Å²) in [5.41, 5.74) is 4.86. The van der Waals surface area contributed by atoms with Gasteiger partial charge in [-0.05, 0) is 19.1 Å². The van der Waals surface area contributed by atoms with Crippen LogP contribution in [0, 0.1) is 18.6 Å². The summed E-state index contributed by atoms with van der Waals surface area (Å²) in [7, 11) is 0. The molecule has 0 fully saturated rings. The summed E-state index contributed by atoms with van der Waals surface area (Å²) in [6.07, 6.45) is 0. The zero-order valence-electron chi connectivity index (χ0n) is 6.40. The van der Waals surface area contributed by atoms with E-state index in [2.05, 4.69) is 0 Å². The fourth-order valence-corrected chi connectivity index (χ4v) is 0.919. The molecule has 0 aromatic heterocycles. The Labute approximate surface area is 68.0 Å². The van der Waals surface area contributed by atoms with Crippen LogP contribution in [0.15, 0.2) is 12.1 Å². The Bertz CT molecular complexity index is 336. The zero-order chi connectivity index (χ0) is 9.30. The standard InChI is InChI=1S/C8H7F2NO/c1-4-5(8(11)12)2-3-6(9)7(4)10/h2-3H,1H3,(H2,11,12). The van der Waals surface area contributed by atoms with Gasteiger partial charge in [0.25, 0.3) is 0 Å². The second kappa shape index (κ2) is 2.89. The van der Waals surface area contributed by atoms with E-state index in [9.17, 15) is 13.6 Å². The summed E-state index contributed by atoms with van der Waals surface area (Å²) >= 11 is 0. The van der Waals surface area contributed by atoms with Gasteiger partial charge in [0.15, 0.2) is 11.6 Å². The second-order valence-electron chi connectivity index (χ2n) is 2.40. The minimum atomic E-state index is -1.02. The van der Waals surface area contributed by atoms with Crippen molar-refractivity contribution < 1.29 is 13.6 Å². The summed E-state index contributed by atoms with van der Waals surface area (Å²) in [5.74, 6) is -2.75. The first-order valence-corrected chi connectivity index (χ1v) is 3.28. The van der Waals surface area contributed by atoms with E-state index in [4.69, 9.17) is 5.73 Å². The molecule has 1 rings (SSSR count). The first-order valence-electron chi connectivity index (χ1n) is 3.28. The lowest BCUT2D eigenvalue weighted by molar-refractivity contribution is 0.0999. The normalized spacial score (nSPS) is 9.92. The Morgan fingerprint density at radius 2 is 2.00 bits per heavy atom. The van der Waals surface area contributed by atoms with Gasteiger partial charge in [0.05, 0.1) is 0 Å². The van der Waals surface area contributed by atoms with Gasteiger partial charge < -0.3 is 5.73 Å². The molecule has 2 nitrogen and oxygen atoms in total. The number of nitrogens with two attached hydrogens (primary N) is 1. The van der Waals surface area contributed by atoms with Gasteiger partial charge in [-0.25, -0.2) is 8.78 Å². The molecular weight excluding hydrogens is 164 g/mol. The largest absolute Gasteiger partial charge is 0.366 e. The molecule has 0 aliphatic heterocycles. The highest BCUT2D eigenvalue weighted by molar-refractivity contribution is 5.94. The maximum absolute atomic E-state index is 12.8. The van der Waals surface area contributed by atoms with Crippen LogP contribution in [0.2, 0.25) is 0 Å². The molecule has 4 heteroatoms. The van der Waals surface area contributed by atoms with Gasteiger partial charge in [-0.2, -0.15) is 0 Å². The van der Waals surface area contributed by atoms with Crippen molar-refractivity contribution >= 4 is 5.91 Å². The minimum absolute atomic E-state index is 0.00824. The number of primary amides is 1. The van der Waals surface area contributed by atoms with Gasteiger partial charge >= 0.3 is 0 Å². The van der Waals surface area contributed by atoms with E-state index in [1.807, 2.05) is 0 Å². The van der Waals surface area contributed by atoms with E-state index in [0.717, 1.165) is 12.1 Å². The fraction of sp³-hybridized carbons (Fsp3) is 0.125. The molecule has 1 aromatic carbocycles. The van der Waals surface area contributed by atoms with Crippen LogP contribution in [-0.2, 0) is 0 Å². The van der Waals surface area contributed by atoms with Gasteiger partial charge in [0.2, 0.25) is 5.91 Å². The lowest BCUT2D eigenvalue weighted by Crippen LogP contribution is -2.13. The van der Waals surface area contributed by atoms with Crippen LogP contribution in [0.3, 0.4) is 0 Å².